The summed E-state index contributed by atoms with van der Waals surface area (Å²) < 4.78 is 29.2. The zero-order valence-corrected chi connectivity index (χ0v) is 25.9. The lowest BCUT2D eigenvalue weighted by molar-refractivity contribution is -0.140. The summed E-state index contributed by atoms with van der Waals surface area (Å²) in [5.41, 5.74) is 0.176. The minimum absolute atomic E-state index is 0.0250. The van der Waals surface area contributed by atoms with Gasteiger partial charge < -0.3 is 10.2 Å². The van der Waals surface area contributed by atoms with E-state index in [0.717, 1.165) is 4.31 Å². The van der Waals surface area contributed by atoms with Gasteiger partial charge in [0.1, 0.15) is 12.6 Å². The van der Waals surface area contributed by atoms with Crippen LogP contribution in [0, 0.1) is 0 Å². The predicted octanol–water partition coefficient (Wildman–Crippen LogP) is 6.28. The zero-order valence-electron chi connectivity index (χ0n) is 22.0. The Labute approximate surface area is 248 Å². The first-order valence-electron chi connectivity index (χ1n) is 12.1. The lowest BCUT2D eigenvalue weighted by Crippen LogP contribution is -2.54. The second kappa shape index (κ2) is 12.7. The standard InChI is InChI=1S/C28H30BrCl2N3O4S/c1-19(27(36)32-28(2,3)4)33(17-23-24(30)14-9-15-25(23)31)26(35)18-34(21-11-8-10-20(29)16-21)39(37,38)22-12-6-5-7-13-22/h5-16,19H,17-18H2,1-4H3,(H,32,36)/t19-/m1/s1. The fraction of sp³-hybridized carbons (Fsp3) is 0.286. The number of benzene rings is 3. The van der Waals surface area contributed by atoms with E-state index >= 15 is 0 Å². The first kappa shape index (κ1) is 30.9. The molecule has 0 unspecified atom stereocenters. The number of rotatable bonds is 9. The number of nitrogens with one attached hydrogen (secondary N) is 1. The highest BCUT2D eigenvalue weighted by atomic mass is 79.9. The molecule has 0 aliphatic carbocycles. The third-order valence-electron chi connectivity index (χ3n) is 5.76. The van der Waals surface area contributed by atoms with Gasteiger partial charge >= 0.3 is 0 Å². The Morgan fingerprint density at radius 1 is 0.949 bits per heavy atom. The molecule has 0 saturated carbocycles. The molecule has 0 radical (unpaired) electrons. The summed E-state index contributed by atoms with van der Waals surface area (Å²) in [6.07, 6.45) is 0. The summed E-state index contributed by atoms with van der Waals surface area (Å²) >= 11 is 16.2. The molecule has 208 valence electrons. The van der Waals surface area contributed by atoms with Crippen LogP contribution in [0.5, 0.6) is 0 Å². The Morgan fingerprint density at radius 3 is 2.10 bits per heavy atom. The van der Waals surface area contributed by atoms with Crippen molar-refractivity contribution < 1.29 is 18.0 Å². The summed E-state index contributed by atoms with van der Waals surface area (Å²) in [4.78, 5) is 28.5. The molecule has 0 spiro atoms. The van der Waals surface area contributed by atoms with E-state index in [9.17, 15) is 18.0 Å². The van der Waals surface area contributed by atoms with E-state index in [1.165, 1.54) is 17.0 Å². The molecule has 3 rings (SSSR count). The van der Waals surface area contributed by atoms with Crippen molar-refractivity contribution in [1.29, 1.82) is 0 Å². The van der Waals surface area contributed by atoms with Crippen LogP contribution in [0.2, 0.25) is 10.0 Å². The average molecular weight is 655 g/mol. The second-order valence-electron chi connectivity index (χ2n) is 9.94. The van der Waals surface area contributed by atoms with Crippen LogP contribution in [-0.2, 0) is 26.2 Å². The molecule has 0 fully saturated rings. The number of amides is 2. The highest BCUT2D eigenvalue weighted by Crippen LogP contribution is 2.29. The molecule has 7 nitrogen and oxygen atoms in total. The number of hydrogen-bond acceptors (Lipinski definition) is 4. The molecule has 0 heterocycles. The molecule has 0 saturated heterocycles. The normalized spacial score (nSPS) is 12.5. The van der Waals surface area contributed by atoms with E-state index in [4.69, 9.17) is 23.2 Å². The number of carbonyl (C=O) groups is 2. The van der Waals surface area contributed by atoms with Gasteiger partial charge in [0.05, 0.1) is 10.6 Å². The van der Waals surface area contributed by atoms with E-state index in [-0.39, 0.29) is 17.1 Å². The van der Waals surface area contributed by atoms with Crippen molar-refractivity contribution in [3.63, 3.8) is 0 Å². The quantitative estimate of drug-likeness (QED) is 0.294. The van der Waals surface area contributed by atoms with E-state index in [0.29, 0.717) is 20.1 Å². The van der Waals surface area contributed by atoms with Crippen molar-refractivity contribution in [2.24, 2.45) is 0 Å². The molecular weight excluding hydrogens is 625 g/mol. The van der Waals surface area contributed by atoms with Gasteiger partial charge in [0.2, 0.25) is 11.8 Å². The highest BCUT2D eigenvalue weighted by Gasteiger charge is 2.34. The van der Waals surface area contributed by atoms with Crippen molar-refractivity contribution >= 4 is 66.7 Å². The Kier molecular flexibility index (Phi) is 10.1. The van der Waals surface area contributed by atoms with E-state index in [1.807, 2.05) is 20.8 Å². The van der Waals surface area contributed by atoms with E-state index < -0.39 is 40.0 Å². The summed E-state index contributed by atoms with van der Waals surface area (Å²) in [6.45, 7) is 6.40. The SMILES string of the molecule is C[C@H](C(=O)NC(C)(C)C)N(Cc1c(Cl)cccc1Cl)C(=O)CN(c1cccc(Br)c1)S(=O)(=O)c1ccccc1. The minimum Gasteiger partial charge on any atom is -0.350 e. The maximum atomic E-state index is 14.0. The van der Waals surface area contributed by atoms with Gasteiger partial charge in [-0.05, 0) is 70.2 Å². The maximum Gasteiger partial charge on any atom is 0.264 e. The summed E-state index contributed by atoms with van der Waals surface area (Å²) in [6, 6.07) is 18.5. The first-order chi connectivity index (χ1) is 18.2. The fourth-order valence-corrected chi connectivity index (χ4v) is 6.12. The molecule has 39 heavy (non-hydrogen) atoms. The van der Waals surface area contributed by atoms with Gasteiger partial charge in [-0.1, -0.05) is 69.5 Å². The number of carbonyl (C=O) groups excluding carboxylic acids is 2. The molecule has 1 atom stereocenters. The monoisotopic (exact) mass is 653 g/mol. The number of halogens is 3. The molecule has 0 bridgehead atoms. The Hall–Kier alpha value is -2.59. The number of sulfonamides is 1. The molecule has 11 heteroatoms. The van der Waals surface area contributed by atoms with Crippen LogP contribution in [-0.4, -0.2) is 43.3 Å². The molecule has 3 aromatic rings. The summed E-state index contributed by atoms with van der Waals surface area (Å²) in [5, 5.41) is 3.53. The third-order valence-corrected chi connectivity index (χ3v) is 8.75. The zero-order chi connectivity index (χ0) is 29.0. The number of nitrogens with zero attached hydrogens (tertiary/aromatic N) is 2. The summed E-state index contributed by atoms with van der Waals surface area (Å²) in [7, 11) is -4.15. The third kappa shape index (κ3) is 7.97. The minimum atomic E-state index is -4.15. The Balaban J connectivity index is 2.07. The number of hydrogen-bond donors (Lipinski definition) is 1. The van der Waals surface area contributed by atoms with Gasteiger partial charge in [-0.15, -0.1) is 0 Å². The van der Waals surface area contributed by atoms with Crippen LogP contribution in [0.1, 0.15) is 33.3 Å². The number of anilines is 1. The molecular formula is C28H30BrCl2N3O4S. The van der Waals surface area contributed by atoms with Crippen LogP contribution in [0.25, 0.3) is 0 Å². The molecule has 2 amide bonds. The molecule has 0 aliphatic heterocycles. The summed E-state index contributed by atoms with van der Waals surface area (Å²) in [5.74, 6) is -1.01. The van der Waals surface area contributed by atoms with E-state index in [2.05, 4.69) is 21.2 Å². The van der Waals surface area contributed by atoms with Gasteiger partial charge in [-0.2, -0.15) is 0 Å². The molecule has 3 aromatic carbocycles. The first-order valence-corrected chi connectivity index (χ1v) is 15.1. The fourth-order valence-electron chi connectivity index (χ4n) is 3.79. The van der Waals surface area contributed by atoms with Gasteiger partial charge in [-0.25, -0.2) is 8.42 Å². The van der Waals surface area contributed by atoms with Crippen LogP contribution in [0.15, 0.2) is 82.2 Å². The Morgan fingerprint density at radius 2 is 1.54 bits per heavy atom. The van der Waals surface area contributed by atoms with Crippen molar-refractivity contribution in [2.45, 2.75) is 50.7 Å². The van der Waals surface area contributed by atoms with Crippen LogP contribution in [0.4, 0.5) is 5.69 Å². The van der Waals surface area contributed by atoms with Gasteiger partial charge in [0.15, 0.2) is 0 Å². The van der Waals surface area contributed by atoms with Gasteiger partial charge in [0, 0.05) is 32.2 Å². The smallest absolute Gasteiger partial charge is 0.264 e. The van der Waals surface area contributed by atoms with Crippen LogP contribution >= 0.6 is 39.1 Å². The highest BCUT2D eigenvalue weighted by molar-refractivity contribution is 9.10. The van der Waals surface area contributed by atoms with Gasteiger partial charge in [0.25, 0.3) is 10.0 Å². The molecule has 0 aliphatic rings. The van der Waals surface area contributed by atoms with Crippen LogP contribution < -0.4 is 9.62 Å². The van der Waals surface area contributed by atoms with Gasteiger partial charge in [-0.3, -0.25) is 13.9 Å². The Bertz CT molecular complexity index is 1430. The largest absolute Gasteiger partial charge is 0.350 e. The molecule has 1 N–H and O–H groups in total. The van der Waals surface area contributed by atoms with Crippen LogP contribution in [0.3, 0.4) is 0 Å². The van der Waals surface area contributed by atoms with E-state index in [1.54, 1.807) is 67.6 Å². The second-order valence-corrected chi connectivity index (χ2v) is 13.5. The predicted molar refractivity (Wildman–Crippen MR) is 159 cm³/mol. The van der Waals surface area contributed by atoms with Crippen molar-refractivity contribution in [2.75, 3.05) is 10.8 Å². The van der Waals surface area contributed by atoms with Crippen molar-refractivity contribution in [3.8, 4) is 0 Å². The topological polar surface area (TPSA) is 86.8 Å². The average Bonchev–Trinajstić information content (AvgIpc) is 2.86. The molecule has 0 aromatic heterocycles. The lowest BCUT2D eigenvalue weighted by Gasteiger charge is -2.33. The van der Waals surface area contributed by atoms with Crippen molar-refractivity contribution in [3.05, 3.63) is 92.9 Å². The maximum absolute atomic E-state index is 14.0. The lowest BCUT2D eigenvalue weighted by atomic mass is 10.1. The van der Waals surface area contributed by atoms with Crippen molar-refractivity contribution in [1.82, 2.24) is 10.2 Å².